The van der Waals surface area contributed by atoms with E-state index in [0.29, 0.717) is 33.8 Å². The molecule has 0 saturated heterocycles. The number of anilines is 1. The SMILES string of the molecule is CCNc1nc(I)nc2c1ncn2[C@@H]1C2C[C@@]2(C(C)=O)C(O)[C@H]1O. The maximum atomic E-state index is 12.0. The number of aromatic nitrogens is 4. The van der Waals surface area contributed by atoms with E-state index in [0.717, 1.165) is 0 Å². The van der Waals surface area contributed by atoms with E-state index in [1.807, 2.05) is 29.5 Å². The number of hydrogen-bond donors (Lipinski definition) is 3. The van der Waals surface area contributed by atoms with Crippen LogP contribution in [-0.2, 0) is 4.79 Å². The van der Waals surface area contributed by atoms with E-state index in [1.54, 1.807) is 10.9 Å². The van der Waals surface area contributed by atoms with Crippen LogP contribution in [0.15, 0.2) is 6.33 Å². The van der Waals surface area contributed by atoms with Crippen LogP contribution >= 0.6 is 22.6 Å². The molecule has 0 amide bonds. The van der Waals surface area contributed by atoms with E-state index in [1.165, 1.54) is 6.92 Å². The third-order valence-corrected chi connectivity index (χ3v) is 5.87. The first kappa shape index (κ1) is 16.2. The Balaban J connectivity index is 1.82. The van der Waals surface area contributed by atoms with Gasteiger partial charge in [0.15, 0.2) is 20.8 Å². The van der Waals surface area contributed by atoms with Crippen molar-refractivity contribution in [3.63, 3.8) is 0 Å². The fourth-order valence-corrected chi connectivity index (χ4v) is 4.64. The number of imidazole rings is 1. The maximum absolute atomic E-state index is 12.0. The highest BCUT2D eigenvalue weighted by Gasteiger charge is 2.74. The van der Waals surface area contributed by atoms with Crippen LogP contribution in [0.4, 0.5) is 5.82 Å². The second kappa shape index (κ2) is 5.33. The van der Waals surface area contributed by atoms with Crippen LogP contribution in [0.25, 0.3) is 11.2 Å². The summed E-state index contributed by atoms with van der Waals surface area (Å²) < 4.78 is 2.36. The lowest BCUT2D eigenvalue weighted by atomic mass is 9.95. The van der Waals surface area contributed by atoms with Crippen LogP contribution in [0.2, 0.25) is 0 Å². The summed E-state index contributed by atoms with van der Waals surface area (Å²) in [4.78, 5) is 25.2. The van der Waals surface area contributed by atoms with Crippen LogP contribution in [0, 0.1) is 15.2 Å². The first-order valence-corrected chi connectivity index (χ1v) is 9.00. The molecule has 2 unspecified atom stereocenters. The van der Waals surface area contributed by atoms with Crippen molar-refractivity contribution in [2.24, 2.45) is 11.3 Å². The lowest BCUT2D eigenvalue weighted by molar-refractivity contribution is -0.128. The second-order valence-electron chi connectivity index (χ2n) is 6.53. The van der Waals surface area contributed by atoms with Crippen molar-refractivity contribution in [1.82, 2.24) is 19.5 Å². The Morgan fingerprint density at radius 3 is 2.88 bits per heavy atom. The van der Waals surface area contributed by atoms with Crippen LogP contribution in [-0.4, -0.2) is 54.3 Å². The molecule has 3 N–H and O–H groups in total. The molecule has 0 aromatic carbocycles. The molecule has 0 spiro atoms. The molecular formula is C15H18IN5O3. The molecular weight excluding hydrogens is 425 g/mol. The normalized spacial score (nSPS) is 34.4. The van der Waals surface area contributed by atoms with Gasteiger partial charge in [0.05, 0.1) is 23.9 Å². The Bertz CT molecular complexity index is 840. The second-order valence-corrected chi connectivity index (χ2v) is 7.49. The van der Waals surface area contributed by atoms with Gasteiger partial charge in [0.25, 0.3) is 0 Å². The smallest absolute Gasteiger partial charge is 0.194 e. The molecule has 24 heavy (non-hydrogen) atoms. The largest absolute Gasteiger partial charge is 0.389 e. The zero-order valence-corrected chi connectivity index (χ0v) is 15.4. The number of fused-ring (bicyclic) bond motifs is 2. The van der Waals surface area contributed by atoms with Gasteiger partial charge in [-0.1, -0.05) is 0 Å². The van der Waals surface area contributed by atoms with Crippen molar-refractivity contribution in [2.75, 3.05) is 11.9 Å². The van der Waals surface area contributed by atoms with Gasteiger partial charge in [-0.15, -0.1) is 0 Å². The van der Waals surface area contributed by atoms with Crippen LogP contribution in [0.1, 0.15) is 26.3 Å². The number of aliphatic hydroxyl groups is 2. The zero-order chi connectivity index (χ0) is 17.2. The molecule has 8 nitrogen and oxygen atoms in total. The van der Waals surface area contributed by atoms with Gasteiger partial charge in [-0.2, -0.15) is 0 Å². The average molecular weight is 443 g/mol. The Kier molecular flexibility index (Phi) is 3.59. The fourth-order valence-electron chi connectivity index (χ4n) is 4.17. The molecule has 0 aliphatic heterocycles. The quantitative estimate of drug-likeness (QED) is 0.472. The number of carbonyl (C=O) groups is 1. The van der Waals surface area contributed by atoms with Crippen LogP contribution in [0.5, 0.6) is 0 Å². The van der Waals surface area contributed by atoms with Crippen molar-refractivity contribution in [2.45, 2.75) is 38.5 Å². The minimum absolute atomic E-state index is 0.0662. The van der Waals surface area contributed by atoms with E-state index in [2.05, 4.69) is 20.3 Å². The summed E-state index contributed by atoms with van der Waals surface area (Å²) in [6, 6.07) is -0.408. The Morgan fingerprint density at radius 1 is 1.50 bits per heavy atom. The molecule has 9 heteroatoms. The van der Waals surface area contributed by atoms with Gasteiger partial charge in [0.1, 0.15) is 11.9 Å². The first-order chi connectivity index (χ1) is 11.4. The highest BCUT2D eigenvalue weighted by molar-refractivity contribution is 14.1. The van der Waals surface area contributed by atoms with Gasteiger partial charge >= 0.3 is 0 Å². The third-order valence-electron chi connectivity index (χ3n) is 5.39. The van der Waals surface area contributed by atoms with Crippen molar-refractivity contribution in [1.29, 1.82) is 0 Å². The summed E-state index contributed by atoms with van der Waals surface area (Å²) in [5.41, 5.74) is 0.415. The minimum atomic E-state index is -1.04. The van der Waals surface area contributed by atoms with Crippen LogP contribution < -0.4 is 5.32 Å². The number of ketones is 1. The number of Topliss-reactive ketones (excluding diaryl/α,β-unsaturated/α-hetero) is 1. The van der Waals surface area contributed by atoms with Gasteiger partial charge in [0, 0.05) is 29.1 Å². The monoisotopic (exact) mass is 443 g/mol. The lowest BCUT2D eigenvalue weighted by Crippen LogP contribution is -2.36. The maximum Gasteiger partial charge on any atom is 0.194 e. The number of carbonyl (C=O) groups excluding carboxylic acids is 1. The molecule has 2 aromatic rings. The van der Waals surface area contributed by atoms with E-state index >= 15 is 0 Å². The number of aliphatic hydroxyl groups excluding tert-OH is 2. The number of nitrogens with zero attached hydrogens (tertiary/aromatic N) is 4. The highest BCUT2D eigenvalue weighted by atomic mass is 127. The van der Waals surface area contributed by atoms with Crippen LogP contribution in [0.3, 0.4) is 0 Å². The fraction of sp³-hybridized carbons (Fsp3) is 0.600. The number of nitrogens with one attached hydrogen (secondary N) is 1. The van der Waals surface area contributed by atoms with Crippen molar-refractivity contribution >= 4 is 45.4 Å². The summed E-state index contributed by atoms with van der Waals surface area (Å²) in [7, 11) is 0. The molecule has 2 aromatic heterocycles. The standard InChI is InChI=1S/C15H18IN5O3/c1-3-17-12-8-13(20-14(16)19-12)21(5-18-8)9-7-4-15(7,6(2)22)11(24)10(9)23/h5,7,9-11,23-24H,3-4H2,1-2H3,(H,17,19,20)/t7?,9-,10+,11?,15+/m1/s1. The predicted octanol–water partition coefficient (Wildman–Crippen LogP) is 0.734. The average Bonchev–Trinajstić information content (AvgIpc) is 3.07. The summed E-state index contributed by atoms with van der Waals surface area (Å²) in [5, 5.41) is 24.1. The highest BCUT2D eigenvalue weighted by Crippen LogP contribution is 2.68. The number of hydrogen-bond acceptors (Lipinski definition) is 7. The molecule has 2 fully saturated rings. The lowest BCUT2D eigenvalue weighted by Gasteiger charge is -2.23. The van der Waals surface area contributed by atoms with Crippen molar-refractivity contribution in [3.8, 4) is 0 Å². The molecule has 0 radical (unpaired) electrons. The van der Waals surface area contributed by atoms with E-state index in [-0.39, 0.29) is 11.7 Å². The molecule has 5 atom stereocenters. The molecule has 2 aliphatic rings. The molecule has 4 rings (SSSR count). The summed E-state index contributed by atoms with van der Waals surface area (Å²) >= 11 is 2.04. The number of rotatable bonds is 4. The van der Waals surface area contributed by atoms with Crippen molar-refractivity contribution < 1.29 is 15.0 Å². The number of halogens is 1. The van der Waals surface area contributed by atoms with Gasteiger partial charge in [-0.05, 0) is 26.2 Å². The summed E-state index contributed by atoms with van der Waals surface area (Å²) in [6.45, 7) is 4.16. The molecule has 128 valence electrons. The molecule has 2 saturated carbocycles. The summed E-state index contributed by atoms with van der Waals surface area (Å²) in [5.74, 6) is 0.489. The Hall–Kier alpha value is -1.33. The van der Waals surface area contributed by atoms with Gasteiger partial charge < -0.3 is 20.1 Å². The Morgan fingerprint density at radius 2 is 2.25 bits per heavy atom. The van der Waals surface area contributed by atoms with E-state index < -0.39 is 23.7 Å². The molecule has 0 bridgehead atoms. The first-order valence-electron chi connectivity index (χ1n) is 7.93. The van der Waals surface area contributed by atoms with E-state index in [9.17, 15) is 15.0 Å². The third kappa shape index (κ3) is 1.97. The topological polar surface area (TPSA) is 113 Å². The molecule has 2 heterocycles. The minimum Gasteiger partial charge on any atom is -0.389 e. The van der Waals surface area contributed by atoms with Gasteiger partial charge in [-0.25, -0.2) is 15.0 Å². The van der Waals surface area contributed by atoms with Crippen molar-refractivity contribution in [3.05, 3.63) is 10.2 Å². The zero-order valence-electron chi connectivity index (χ0n) is 13.3. The van der Waals surface area contributed by atoms with Gasteiger partial charge in [-0.3, -0.25) is 4.79 Å². The summed E-state index contributed by atoms with van der Waals surface area (Å²) in [6.07, 6.45) is 0.148. The molecule has 2 aliphatic carbocycles. The van der Waals surface area contributed by atoms with Gasteiger partial charge in [0.2, 0.25) is 0 Å². The predicted molar refractivity (Wildman–Crippen MR) is 94.5 cm³/mol. The Labute approximate surface area is 151 Å². The van der Waals surface area contributed by atoms with E-state index in [4.69, 9.17) is 0 Å².